The number of rotatable bonds is 6. The number of nitrogens with zero attached hydrogens (tertiary/aromatic N) is 2. The van der Waals surface area contributed by atoms with Crippen LogP contribution < -0.4 is 10.1 Å². The summed E-state index contributed by atoms with van der Waals surface area (Å²) >= 11 is 0. The monoisotopic (exact) mass is 383 g/mol. The Morgan fingerprint density at radius 3 is 2.64 bits per heavy atom. The van der Waals surface area contributed by atoms with Crippen LogP contribution in [0.25, 0.3) is 0 Å². The van der Waals surface area contributed by atoms with E-state index < -0.39 is 30.3 Å². The fraction of sp³-hybridized carbons (Fsp3) is 0.211. The normalized spacial score (nSPS) is 12.6. The number of anilines is 1. The second-order valence-corrected chi connectivity index (χ2v) is 5.84. The minimum atomic E-state index is -0.747. The highest BCUT2D eigenvalue weighted by molar-refractivity contribution is 6.21. The van der Waals surface area contributed by atoms with Crippen LogP contribution in [0.15, 0.2) is 36.5 Å². The predicted octanol–water partition coefficient (Wildman–Crippen LogP) is 1.50. The van der Waals surface area contributed by atoms with Crippen molar-refractivity contribution in [3.8, 4) is 5.88 Å². The van der Waals surface area contributed by atoms with Crippen molar-refractivity contribution in [1.82, 2.24) is 9.88 Å². The molecule has 0 saturated heterocycles. The average molecular weight is 383 g/mol. The average Bonchev–Trinajstić information content (AvgIpc) is 2.91. The molecule has 1 N–H and O–H groups in total. The molecule has 0 spiro atoms. The maximum atomic E-state index is 12.2. The van der Waals surface area contributed by atoms with Crippen LogP contribution in [0.3, 0.4) is 0 Å². The third kappa shape index (κ3) is 3.68. The smallest absolute Gasteiger partial charge is 0.344 e. The van der Waals surface area contributed by atoms with Crippen LogP contribution in [-0.2, 0) is 9.53 Å². The highest BCUT2D eigenvalue weighted by atomic mass is 16.5. The number of aromatic nitrogens is 1. The van der Waals surface area contributed by atoms with E-state index in [1.807, 2.05) is 0 Å². The van der Waals surface area contributed by atoms with E-state index in [2.05, 4.69) is 10.3 Å². The topological polar surface area (TPSA) is 115 Å². The number of carbonyl (C=O) groups excluding carboxylic acids is 4. The first kappa shape index (κ1) is 19.0. The zero-order valence-electron chi connectivity index (χ0n) is 15.2. The first-order chi connectivity index (χ1) is 13.4. The first-order valence-corrected chi connectivity index (χ1v) is 8.43. The molecule has 9 heteroatoms. The zero-order valence-corrected chi connectivity index (χ0v) is 15.2. The van der Waals surface area contributed by atoms with Crippen LogP contribution in [0, 0.1) is 0 Å². The number of benzene rings is 1. The number of hydrogen-bond acceptors (Lipinski definition) is 7. The zero-order chi connectivity index (χ0) is 20.3. The number of pyridine rings is 1. The first-order valence-electron chi connectivity index (χ1n) is 8.43. The van der Waals surface area contributed by atoms with Gasteiger partial charge in [-0.1, -0.05) is 0 Å². The van der Waals surface area contributed by atoms with Gasteiger partial charge in [0.05, 0.1) is 17.7 Å². The molecular weight excluding hydrogens is 366 g/mol. The highest BCUT2D eigenvalue weighted by Gasteiger charge is 2.32. The molecule has 2 heterocycles. The Bertz CT molecular complexity index is 972. The maximum Gasteiger partial charge on any atom is 0.344 e. The number of ether oxygens (including phenoxy) is 2. The molecule has 0 bridgehead atoms. The number of imide groups is 1. The number of fused-ring (bicyclic) bond motifs is 1. The molecule has 1 aliphatic heterocycles. The van der Waals surface area contributed by atoms with Crippen molar-refractivity contribution >= 4 is 29.4 Å². The predicted molar refractivity (Wildman–Crippen MR) is 97.2 cm³/mol. The summed E-state index contributed by atoms with van der Waals surface area (Å²) in [5.41, 5.74) is 0.908. The fourth-order valence-corrected chi connectivity index (χ4v) is 2.64. The summed E-state index contributed by atoms with van der Waals surface area (Å²) in [4.78, 5) is 53.1. The van der Waals surface area contributed by atoms with Gasteiger partial charge in [0, 0.05) is 18.9 Å². The number of hydrogen-bond donors (Lipinski definition) is 1. The van der Waals surface area contributed by atoms with Crippen molar-refractivity contribution in [2.75, 3.05) is 25.6 Å². The highest BCUT2D eigenvalue weighted by Crippen LogP contribution is 2.24. The quantitative estimate of drug-likeness (QED) is 0.594. The Morgan fingerprint density at radius 2 is 1.89 bits per heavy atom. The Balaban J connectivity index is 1.62. The number of esters is 1. The van der Waals surface area contributed by atoms with Crippen LogP contribution in [0.5, 0.6) is 5.88 Å². The van der Waals surface area contributed by atoms with Gasteiger partial charge in [-0.15, -0.1) is 0 Å². The summed E-state index contributed by atoms with van der Waals surface area (Å²) in [6.45, 7) is 1.54. The van der Waals surface area contributed by atoms with E-state index in [1.165, 1.54) is 37.5 Å². The van der Waals surface area contributed by atoms with Crippen LogP contribution in [-0.4, -0.2) is 53.8 Å². The van der Waals surface area contributed by atoms with Crippen LogP contribution in [0.2, 0.25) is 0 Å². The summed E-state index contributed by atoms with van der Waals surface area (Å²) < 4.78 is 10.3. The third-order valence-electron chi connectivity index (χ3n) is 3.98. The Labute approximate surface area is 160 Å². The molecule has 0 saturated carbocycles. The van der Waals surface area contributed by atoms with Gasteiger partial charge in [-0.25, -0.2) is 9.78 Å². The molecule has 2 aromatic rings. The molecule has 0 fully saturated rings. The van der Waals surface area contributed by atoms with Crippen molar-refractivity contribution in [3.63, 3.8) is 0 Å². The summed E-state index contributed by atoms with van der Waals surface area (Å²) in [6.07, 6.45) is 1.48. The third-order valence-corrected chi connectivity index (χ3v) is 3.98. The lowest BCUT2D eigenvalue weighted by atomic mass is 10.1. The van der Waals surface area contributed by atoms with Crippen molar-refractivity contribution in [3.05, 3.63) is 53.2 Å². The molecular formula is C19H17N3O6. The Hall–Kier alpha value is -3.75. The van der Waals surface area contributed by atoms with Gasteiger partial charge in [0.25, 0.3) is 17.7 Å². The van der Waals surface area contributed by atoms with Gasteiger partial charge in [-0.05, 0) is 37.3 Å². The van der Waals surface area contributed by atoms with Gasteiger partial charge in [0.15, 0.2) is 6.61 Å². The minimum absolute atomic E-state index is 0.113. The lowest BCUT2D eigenvalue weighted by Gasteiger charge is -2.09. The SMILES string of the molecule is CCOc1ncccc1C(=O)OCC(=O)Nc1ccc2c(c1)C(=O)N(C)C2=O. The van der Waals surface area contributed by atoms with Crippen LogP contribution in [0.4, 0.5) is 5.69 Å². The van der Waals surface area contributed by atoms with E-state index >= 15 is 0 Å². The number of carbonyl (C=O) groups is 4. The molecule has 28 heavy (non-hydrogen) atoms. The lowest BCUT2D eigenvalue weighted by molar-refractivity contribution is -0.119. The molecule has 3 amide bonds. The molecule has 144 valence electrons. The minimum Gasteiger partial charge on any atom is -0.477 e. The van der Waals surface area contributed by atoms with Gasteiger partial charge in [-0.3, -0.25) is 19.3 Å². The standard InChI is InChI=1S/C19H17N3O6/c1-3-27-16-13(5-4-8-20-16)19(26)28-10-15(23)21-11-6-7-12-14(9-11)18(25)22(2)17(12)24/h4-9H,3,10H2,1-2H3,(H,21,23). The largest absolute Gasteiger partial charge is 0.477 e. The van der Waals surface area contributed by atoms with Gasteiger partial charge >= 0.3 is 5.97 Å². The molecule has 0 unspecified atom stereocenters. The van der Waals surface area contributed by atoms with E-state index in [1.54, 1.807) is 13.0 Å². The van der Waals surface area contributed by atoms with Crippen molar-refractivity contribution in [2.24, 2.45) is 0 Å². The second kappa shape index (κ2) is 7.87. The molecule has 0 atom stereocenters. The van der Waals surface area contributed by atoms with Crippen molar-refractivity contribution in [1.29, 1.82) is 0 Å². The molecule has 0 radical (unpaired) electrons. The summed E-state index contributed by atoms with van der Waals surface area (Å²) in [6, 6.07) is 7.41. The second-order valence-electron chi connectivity index (χ2n) is 5.84. The van der Waals surface area contributed by atoms with E-state index in [4.69, 9.17) is 9.47 Å². The van der Waals surface area contributed by atoms with Gasteiger partial charge in [-0.2, -0.15) is 0 Å². The Morgan fingerprint density at radius 1 is 1.14 bits per heavy atom. The summed E-state index contributed by atoms with van der Waals surface area (Å²) in [5, 5.41) is 2.52. The van der Waals surface area contributed by atoms with Gasteiger partial charge in [0.1, 0.15) is 5.56 Å². The number of nitrogens with one attached hydrogen (secondary N) is 1. The van der Waals surface area contributed by atoms with Gasteiger partial charge in [0.2, 0.25) is 5.88 Å². The van der Waals surface area contributed by atoms with Crippen molar-refractivity contribution in [2.45, 2.75) is 6.92 Å². The summed E-state index contributed by atoms with van der Waals surface area (Å²) in [5.74, 6) is -2.06. The Kier molecular flexibility index (Phi) is 5.35. The van der Waals surface area contributed by atoms with E-state index in [0.29, 0.717) is 12.3 Å². The molecule has 1 aliphatic rings. The maximum absolute atomic E-state index is 12.2. The van der Waals surface area contributed by atoms with E-state index in [0.717, 1.165) is 4.90 Å². The molecule has 3 rings (SSSR count). The van der Waals surface area contributed by atoms with Gasteiger partial charge < -0.3 is 14.8 Å². The molecule has 1 aromatic carbocycles. The van der Waals surface area contributed by atoms with Crippen LogP contribution in [0.1, 0.15) is 38.0 Å². The van der Waals surface area contributed by atoms with Crippen LogP contribution >= 0.6 is 0 Å². The summed E-state index contributed by atoms with van der Waals surface area (Å²) in [7, 11) is 1.39. The van der Waals surface area contributed by atoms with Crippen molar-refractivity contribution < 1.29 is 28.7 Å². The lowest BCUT2D eigenvalue weighted by Crippen LogP contribution is -2.24. The molecule has 1 aromatic heterocycles. The van der Waals surface area contributed by atoms with E-state index in [-0.39, 0.29) is 22.6 Å². The molecule has 0 aliphatic carbocycles. The molecule has 9 nitrogen and oxygen atoms in total. The van der Waals surface area contributed by atoms with E-state index in [9.17, 15) is 19.2 Å². The number of amides is 3. The fourth-order valence-electron chi connectivity index (χ4n) is 2.64.